The number of urea groups is 1. The molecule has 0 bridgehead atoms. The second kappa shape index (κ2) is 7.40. The highest BCUT2D eigenvalue weighted by atomic mass is 35.5. The fourth-order valence-electron chi connectivity index (χ4n) is 3.52. The summed E-state index contributed by atoms with van der Waals surface area (Å²) in [4.78, 5) is 12.5. The highest BCUT2D eigenvalue weighted by molar-refractivity contribution is 7.91. The number of carbonyl (C=O) groups is 1. The summed E-state index contributed by atoms with van der Waals surface area (Å²) in [5, 5.41) is 11.0. The molecule has 2 atom stereocenters. The van der Waals surface area contributed by atoms with E-state index in [1.807, 2.05) is 25.1 Å². The van der Waals surface area contributed by atoms with E-state index < -0.39 is 9.84 Å². The standard InChI is InChI=1S/C19H23ClN4O3S/c1-12(13-4-6-15(20)7-5-13)21-19(25)22-18-10-17(14-2-3-14)23-24(18)16-8-9-28(26,27)11-16/h4-7,10,12,14,16H,2-3,8-9,11H2,1H3,(H2,21,22,25)/t12-,16-/m0/s1. The molecule has 1 saturated heterocycles. The molecule has 2 aliphatic rings. The Kier molecular flexibility index (Phi) is 5.09. The van der Waals surface area contributed by atoms with Crippen molar-refractivity contribution in [2.45, 2.75) is 44.2 Å². The van der Waals surface area contributed by atoms with Gasteiger partial charge in [0.2, 0.25) is 0 Å². The lowest BCUT2D eigenvalue weighted by Crippen LogP contribution is -2.32. The number of halogens is 1. The average Bonchev–Trinajstić information content (AvgIpc) is 3.31. The number of rotatable bonds is 5. The summed E-state index contributed by atoms with van der Waals surface area (Å²) in [5.74, 6) is 1.19. The van der Waals surface area contributed by atoms with Crippen LogP contribution in [0.15, 0.2) is 30.3 Å². The van der Waals surface area contributed by atoms with Gasteiger partial charge in [0.15, 0.2) is 9.84 Å². The van der Waals surface area contributed by atoms with Crippen molar-refractivity contribution in [1.29, 1.82) is 0 Å². The number of anilines is 1. The minimum atomic E-state index is -3.04. The number of amides is 2. The molecule has 150 valence electrons. The van der Waals surface area contributed by atoms with Crippen LogP contribution < -0.4 is 10.6 Å². The van der Waals surface area contributed by atoms with E-state index >= 15 is 0 Å². The molecule has 2 N–H and O–H groups in total. The number of sulfone groups is 1. The first kappa shape index (κ1) is 19.3. The molecule has 2 amide bonds. The van der Waals surface area contributed by atoms with E-state index in [9.17, 15) is 13.2 Å². The van der Waals surface area contributed by atoms with Gasteiger partial charge in [0, 0.05) is 17.0 Å². The Morgan fingerprint density at radius 2 is 1.96 bits per heavy atom. The van der Waals surface area contributed by atoms with Crippen LogP contribution in [-0.4, -0.2) is 35.7 Å². The summed E-state index contributed by atoms with van der Waals surface area (Å²) in [6, 6.07) is 8.37. The molecule has 1 aromatic heterocycles. The van der Waals surface area contributed by atoms with E-state index in [0.717, 1.165) is 24.1 Å². The maximum Gasteiger partial charge on any atom is 0.320 e. The summed E-state index contributed by atoms with van der Waals surface area (Å²) < 4.78 is 25.4. The highest BCUT2D eigenvalue weighted by Crippen LogP contribution is 2.41. The largest absolute Gasteiger partial charge is 0.331 e. The van der Waals surface area contributed by atoms with E-state index in [4.69, 9.17) is 11.6 Å². The van der Waals surface area contributed by atoms with Crippen molar-refractivity contribution >= 4 is 33.3 Å². The van der Waals surface area contributed by atoms with Crippen molar-refractivity contribution in [2.24, 2.45) is 0 Å². The van der Waals surface area contributed by atoms with Gasteiger partial charge < -0.3 is 5.32 Å². The summed E-state index contributed by atoms with van der Waals surface area (Å²) in [6.45, 7) is 1.89. The van der Waals surface area contributed by atoms with Gasteiger partial charge in [0.05, 0.1) is 29.3 Å². The van der Waals surface area contributed by atoms with Gasteiger partial charge in [-0.05, 0) is 43.9 Å². The van der Waals surface area contributed by atoms with Crippen LogP contribution in [0.25, 0.3) is 0 Å². The number of aromatic nitrogens is 2. The third kappa shape index (κ3) is 4.33. The Balaban J connectivity index is 1.48. The molecule has 2 heterocycles. The van der Waals surface area contributed by atoms with Crippen LogP contribution in [0.3, 0.4) is 0 Å². The molecule has 0 radical (unpaired) electrons. The third-order valence-corrected chi connectivity index (χ3v) is 7.27. The van der Waals surface area contributed by atoms with E-state index in [0.29, 0.717) is 23.2 Å². The fraction of sp³-hybridized carbons (Fsp3) is 0.474. The molecule has 28 heavy (non-hydrogen) atoms. The van der Waals surface area contributed by atoms with Gasteiger partial charge in [-0.25, -0.2) is 17.9 Å². The lowest BCUT2D eigenvalue weighted by Gasteiger charge is -2.17. The first-order valence-corrected chi connectivity index (χ1v) is 11.6. The first-order chi connectivity index (χ1) is 13.3. The zero-order chi connectivity index (χ0) is 19.9. The molecule has 0 spiro atoms. The molecule has 0 unspecified atom stereocenters. The van der Waals surface area contributed by atoms with E-state index in [2.05, 4.69) is 15.7 Å². The summed E-state index contributed by atoms with van der Waals surface area (Å²) in [7, 11) is -3.04. The molecule has 1 aromatic carbocycles. The molecule has 7 nitrogen and oxygen atoms in total. The van der Waals surface area contributed by atoms with E-state index in [1.54, 1.807) is 16.8 Å². The number of benzene rings is 1. The second-order valence-electron chi connectivity index (χ2n) is 7.60. The molecule has 2 fully saturated rings. The number of nitrogens with one attached hydrogen (secondary N) is 2. The third-order valence-electron chi connectivity index (χ3n) is 5.26. The molecular formula is C19H23ClN4O3S. The SMILES string of the molecule is C[C@H](NC(=O)Nc1cc(C2CC2)nn1[C@H]1CCS(=O)(=O)C1)c1ccc(Cl)cc1. The van der Waals surface area contributed by atoms with Crippen LogP contribution in [-0.2, 0) is 9.84 Å². The summed E-state index contributed by atoms with van der Waals surface area (Å²) in [6.07, 6.45) is 2.68. The van der Waals surface area contributed by atoms with Crippen LogP contribution in [0.5, 0.6) is 0 Å². The molecule has 1 aliphatic heterocycles. The quantitative estimate of drug-likeness (QED) is 0.768. The number of hydrogen-bond donors (Lipinski definition) is 2. The van der Waals surface area contributed by atoms with Crippen molar-refractivity contribution in [2.75, 3.05) is 16.8 Å². The van der Waals surface area contributed by atoms with Gasteiger partial charge in [0.25, 0.3) is 0 Å². The van der Waals surface area contributed by atoms with Gasteiger partial charge in [0.1, 0.15) is 5.82 Å². The van der Waals surface area contributed by atoms with Crippen molar-refractivity contribution in [3.63, 3.8) is 0 Å². The lowest BCUT2D eigenvalue weighted by atomic mass is 10.1. The number of nitrogens with zero attached hydrogens (tertiary/aromatic N) is 2. The van der Waals surface area contributed by atoms with Gasteiger partial charge in [-0.2, -0.15) is 5.10 Å². The number of hydrogen-bond acceptors (Lipinski definition) is 4. The molecule has 4 rings (SSSR count). The monoisotopic (exact) mass is 422 g/mol. The zero-order valence-electron chi connectivity index (χ0n) is 15.6. The van der Waals surface area contributed by atoms with E-state index in [1.165, 1.54) is 0 Å². The van der Waals surface area contributed by atoms with Crippen LogP contribution in [0.2, 0.25) is 5.02 Å². The normalized spacial score (nSPS) is 22.0. The van der Waals surface area contributed by atoms with E-state index in [-0.39, 0.29) is 29.6 Å². The fourth-order valence-corrected chi connectivity index (χ4v) is 5.33. The molecule has 2 aromatic rings. The van der Waals surface area contributed by atoms with Crippen molar-refractivity contribution in [3.05, 3.63) is 46.6 Å². The smallest absolute Gasteiger partial charge is 0.320 e. The summed E-state index contributed by atoms with van der Waals surface area (Å²) in [5.41, 5.74) is 1.86. The van der Waals surface area contributed by atoms with Crippen molar-refractivity contribution < 1.29 is 13.2 Å². The Labute approximate surface area is 169 Å². The molecular weight excluding hydrogens is 400 g/mol. The predicted octanol–water partition coefficient (Wildman–Crippen LogP) is 3.66. The molecule has 9 heteroatoms. The summed E-state index contributed by atoms with van der Waals surface area (Å²) >= 11 is 5.91. The minimum absolute atomic E-state index is 0.0657. The maximum absolute atomic E-state index is 12.5. The Bertz CT molecular complexity index is 983. The minimum Gasteiger partial charge on any atom is -0.331 e. The van der Waals surface area contributed by atoms with Crippen LogP contribution in [0, 0.1) is 0 Å². The van der Waals surface area contributed by atoms with Crippen molar-refractivity contribution in [3.8, 4) is 0 Å². The predicted molar refractivity (Wildman–Crippen MR) is 109 cm³/mol. The van der Waals surface area contributed by atoms with Gasteiger partial charge in [-0.1, -0.05) is 23.7 Å². The lowest BCUT2D eigenvalue weighted by molar-refractivity contribution is 0.249. The second-order valence-corrected chi connectivity index (χ2v) is 10.3. The average molecular weight is 423 g/mol. The van der Waals surface area contributed by atoms with Crippen LogP contribution in [0.4, 0.5) is 10.6 Å². The van der Waals surface area contributed by atoms with Crippen molar-refractivity contribution in [1.82, 2.24) is 15.1 Å². The van der Waals surface area contributed by atoms with Gasteiger partial charge >= 0.3 is 6.03 Å². The van der Waals surface area contributed by atoms with Gasteiger partial charge in [-0.15, -0.1) is 0 Å². The maximum atomic E-state index is 12.5. The topological polar surface area (TPSA) is 93.1 Å². The zero-order valence-corrected chi connectivity index (χ0v) is 17.1. The Morgan fingerprint density at radius 1 is 1.25 bits per heavy atom. The highest BCUT2D eigenvalue weighted by Gasteiger charge is 2.34. The van der Waals surface area contributed by atoms with Crippen LogP contribution in [0.1, 0.15) is 55.4 Å². The first-order valence-electron chi connectivity index (χ1n) is 9.43. The van der Waals surface area contributed by atoms with Crippen LogP contribution >= 0.6 is 11.6 Å². The van der Waals surface area contributed by atoms with Gasteiger partial charge in [-0.3, -0.25) is 5.32 Å². The number of carbonyl (C=O) groups excluding carboxylic acids is 1. The molecule has 1 aliphatic carbocycles. The molecule has 1 saturated carbocycles. The Hall–Kier alpha value is -2.06. The Morgan fingerprint density at radius 3 is 2.57 bits per heavy atom.